The standard InChI is InChI=1S/C10H10NO2/c1-2-8-11(10(12)13)9-6-4-3-5-7-9/h2-7H,1,8H2. The van der Waals surface area contributed by atoms with Crippen LogP contribution in [-0.2, 0) is 5.11 Å². The van der Waals surface area contributed by atoms with Crippen LogP contribution in [0.1, 0.15) is 0 Å². The minimum atomic E-state index is -1.22. The highest BCUT2D eigenvalue weighted by molar-refractivity contribution is 5.85. The third-order valence-corrected chi connectivity index (χ3v) is 1.60. The molecule has 0 atom stereocenters. The smallest absolute Gasteiger partial charge is 0.271 e. The lowest BCUT2D eigenvalue weighted by atomic mass is 10.3. The predicted molar refractivity (Wildman–Crippen MR) is 50.1 cm³/mol. The van der Waals surface area contributed by atoms with Crippen molar-refractivity contribution in [2.45, 2.75) is 0 Å². The van der Waals surface area contributed by atoms with E-state index in [0.29, 0.717) is 5.69 Å². The SMILES string of the molecule is C=CCN(C([O])=O)c1ccccc1. The summed E-state index contributed by atoms with van der Waals surface area (Å²) in [6.45, 7) is 3.72. The number of carbonyl (C=O) groups excluding carboxylic acids is 1. The number of carbonyl (C=O) groups is 1. The van der Waals surface area contributed by atoms with E-state index in [9.17, 15) is 9.90 Å². The molecule has 0 N–H and O–H groups in total. The Hall–Kier alpha value is -1.77. The van der Waals surface area contributed by atoms with E-state index >= 15 is 0 Å². The van der Waals surface area contributed by atoms with Crippen molar-refractivity contribution in [3.05, 3.63) is 43.0 Å². The van der Waals surface area contributed by atoms with Crippen LogP contribution in [0.15, 0.2) is 43.0 Å². The van der Waals surface area contributed by atoms with Crippen molar-refractivity contribution < 1.29 is 9.90 Å². The number of benzene rings is 1. The predicted octanol–water partition coefficient (Wildman–Crippen LogP) is 2.23. The van der Waals surface area contributed by atoms with E-state index in [1.54, 1.807) is 24.3 Å². The Labute approximate surface area is 76.9 Å². The van der Waals surface area contributed by atoms with E-state index in [-0.39, 0.29) is 6.54 Å². The molecule has 1 rings (SSSR count). The number of hydrogen-bond acceptors (Lipinski definition) is 1. The zero-order chi connectivity index (χ0) is 9.68. The second-order valence-corrected chi connectivity index (χ2v) is 2.50. The maximum Gasteiger partial charge on any atom is 0.457 e. The molecule has 1 aromatic rings. The molecule has 67 valence electrons. The largest absolute Gasteiger partial charge is 0.457 e. The van der Waals surface area contributed by atoms with Crippen LogP contribution in [-0.4, -0.2) is 12.6 Å². The van der Waals surface area contributed by atoms with Crippen LogP contribution in [0, 0.1) is 0 Å². The molecule has 0 aromatic heterocycles. The lowest BCUT2D eigenvalue weighted by molar-refractivity contribution is 0.177. The van der Waals surface area contributed by atoms with Crippen molar-refractivity contribution in [2.75, 3.05) is 11.4 Å². The Morgan fingerprint density at radius 2 is 2.00 bits per heavy atom. The summed E-state index contributed by atoms with van der Waals surface area (Å²) < 4.78 is 0. The first-order valence-electron chi connectivity index (χ1n) is 3.90. The van der Waals surface area contributed by atoms with Gasteiger partial charge in [-0.1, -0.05) is 24.3 Å². The molecule has 0 unspecified atom stereocenters. The van der Waals surface area contributed by atoms with Crippen LogP contribution in [0.3, 0.4) is 0 Å². The molecular weight excluding hydrogens is 166 g/mol. The summed E-state index contributed by atoms with van der Waals surface area (Å²) in [4.78, 5) is 11.8. The van der Waals surface area contributed by atoms with Crippen LogP contribution in [0.25, 0.3) is 0 Å². The van der Waals surface area contributed by atoms with Crippen LogP contribution in [0.2, 0.25) is 0 Å². The topological polar surface area (TPSA) is 40.2 Å². The van der Waals surface area contributed by atoms with Gasteiger partial charge in [0.15, 0.2) is 0 Å². The normalized spacial score (nSPS) is 9.23. The van der Waals surface area contributed by atoms with E-state index in [0.717, 1.165) is 4.90 Å². The molecule has 13 heavy (non-hydrogen) atoms. The molecule has 3 heteroatoms. The van der Waals surface area contributed by atoms with Gasteiger partial charge in [0.1, 0.15) is 0 Å². The lowest BCUT2D eigenvalue weighted by Gasteiger charge is -2.15. The fourth-order valence-corrected chi connectivity index (χ4v) is 1.02. The van der Waals surface area contributed by atoms with Gasteiger partial charge in [-0.3, -0.25) is 4.90 Å². The van der Waals surface area contributed by atoms with Crippen LogP contribution in [0.5, 0.6) is 0 Å². The lowest BCUT2D eigenvalue weighted by Crippen LogP contribution is -2.28. The summed E-state index contributed by atoms with van der Waals surface area (Å²) in [5, 5.41) is 10.7. The van der Waals surface area contributed by atoms with Crippen molar-refractivity contribution in [3.63, 3.8) is 0 Å². The number of rotatable bonds is 3. The monoisotopic (exact) mass is 176 g/mol. The number of amides is 1. The van der Waals surface area contributed by atoms with Gasteiger partial charge in [0.05, 0.1) is 0 Å². The third-order valence-electron chi connectivity index (χ3n) is 1.60. The van der Waals surface area contributed by atoms with Gasteiger partial charge < -0.3 is 0 Å². The quantitative estimate of drug-likeness (QED) is 0.651. The minimum Gasteiger partial charge on any atom is -0.271 e. The van der Waals surface area contributed by atoms with E-state index in [2.05, 4.69) is 6.58 Å². The van der Waals surface area contributed by atoms with Crippen molar-refractivity contribution in [3.8, 4) is 0 Å². The summed E-state index contributed by atoms with van der Waals surface area (Å²) >= 11 is 0. The summed E-state index contributed by atoms with van der Waals surface area (Å²) in [6, 6.07) is 8.78. The number of hydrogen-bond donors (Lipinski definition) is 0. The van der Waals surface area contributed by atoms with Gasteiger partial charge in [-0.25, -0.2) is 9.90 Å². The van der Waals surface area contributed by atoms with E-state index in [1.165, 1.54) is 6.08 Å². The zero-order valence-corrected chi connectivity index (χ0v) is 7.14. The Morgan fingerprint density at radius 3 is 2.46 bits per heavy atom. The minimum absolute atomic E-state index is 0.242. The molecule has 0 spiro atoms. The van der Waals surface area contributed by atoms with Gasteiger partial charge in [0.2, 0.25) is 0 Å². The van der Waals surface area contributed by atoms with Gasteiger partial charge in [-0.2, -0.15) is 0 Å². The van der Waals surface area contributed by atoms with Gasteiger partial charge in [0.25, 0.3) is 0 Å². The molecule has 1 aromatic carbocycles. The highest BCUT2D eigenvalue weighted by Crippen LogP contribution is 2.12. The molecular formula is C10H10NO2. The first kappa shape index (κ1) is 9.32. The third kappa shape index (κ3) is 2.33. The molecule has 0 aliphatic rings. The first-order valence-corrected chi connectivity index (χ1v) is 3.90. The van der Waals surface area contributed by atoms with Crippen molar-refractivity contribution in [1.29, 1.82) is 0 Å². The molecule has 0 aliphatic carbocycles. The van der Waals surface area contributed by atoms with Crippen molar-refractivity contribution >= 4 is 11.8 Å². The summed E-state index contributed by atoms with van der Waals surface area (Å²) in [5.74, 6) is 0. The molecule has 0 saturated carbocycles. The average Bonchev–Trinajstić information content (AvgIpc) is 2.15. The summed E-state index contributed by atoms with van der Waals surface area (Å²) in [5.41, 5.74) is 0.599. The van der Waals surface area contributed by atoms with Gasteiger partial charge in [-0.15, -0.1) is 6.58 Å². The maximum absolute atomic E-state index is 10.7. The van der Waals surface area contributed by atoms with Crippen molar-refractivity contribution in [2.24, 2.45) is 0 Å². The zero-order valence-electron chi connectivity index (χ0n) is 7.14. The van der Waals surface area contributed by atoms with Gasteiger partial charge >= 0.3 is 6.09 Å². The first-order chi connectivity index (χ1) is 6.25. The van der Waals surface area contributed by atoms with Crippen LogP contribution < -0.4 is 4.90 Å². The highest BCUT2D eigenvalue weighted by Gasteiger charge is 2.12. The fourth-order valence-electron chi connectivity index (χ4n) is 1.02. The fraction of sp³-hybridized carbons (Fsp3) is 0.100. The van der Waals surface area contributed by atoms with E-state index in [4.69, 9.17) is 0 Å². The second-order valence-electron chi connectivity index (χ2n) is 2.50. The molecule has 1 radical (unpaired) electrons. The Bertz CT molecular complexity index is 295. The molecule has 1 amide bonds. The number of anilines is 1. The maximum atomic E-state index is 10.7. The Balaban J connectivity index is 2.88. The summed E-state index contributed by atoms with van der Waals surface area (Å²) in [7, 11) is 0. The highest BCUT2D eigenvalue weighted by atomic mass is 16.4. The van der Waals surface area contributed by atoms with Crippen molar-refractivity contribution in [1.82, 2.24) is 0 Å². The molecule has 0 aliphatic heterocycles. The number of para-hydroxylation sites is 1. The molecule has 0 saturated heterocycles. The van der Waals surface area contributed by atoms with E-state index < -0.39 is 6.09 Å². The van der Waals surface area contributed by atoms with E-state index in [1.807, 2.05) is 6.07 Å². The summed E-state index contributed by atoms with van der Waals surface area (Å²) in [6.07, 6.45) is 0.300. The Morgan fingerprint density at radius 1 is 1.38 bits per heavy atom. The molecule has 0 heterocycles. The molecule has 3 nitrogen and oxygen atoms in total. The Kier molecular flexibility index (Phi) is 3.09. The average molecular weight is 176 g/mol. The van der Waals surface area contributed by atoms with Crippen LogP contribution >= 0.6 is 0 Å². The van der Waals surface area contributed by atoms with Crippen LogP contribution in [0.4, 0.5) is 10.5 Å². The number of nitrogens with zero attached hydrogens (tertiary/aromatic N) is 1. The molecule has 0 fully saturated rings. The van der Waals surface area contributed by atoms with Gasteiger partial charge in [0, 0.05) is 12.2 Å². The second kappa shape index (κ2) is 4.30. The van der Waals surface area contributed by atoms with Gasteiger partial charge in [-0.05, 0) is 12.1 Å². The molecule has 0 bridgehead atoms.